The summed E-state index contributed by atoms with van der Waals surface area (Å²) < 4.78 is 0. The summed E-state index contributed by atoms with van der Waals surface area (Å²) >= 11 is 0. The molecule has 4 rings (SSSR count). The van der Waals surface area contributed by atoms with Crippen LogP contribution in [0.5, 0.6) is 0 Å². The molecular weight excluding hydrogens is 244 g/mol. The number of aromatic amines is 3. The standard InChI is InChI=1S/C13H10N4O2/c18-12-9-11(16-13(19)17-12)15-10(14-9)8-5-6-3-1-2-4-7(6)8/h1-4,8H,5H2,(H3,14,15,16,17,18,19). The lowest BCUT2D eigenvalue weighted by atomic mass is 9.77. The third-order valence-electron chi connectivity index (χ3n) is 3.59. The Morgan fingerprint density at radius 2 is 1.95 bits per heavy atom. The van der Waals surface area contributed by atoms with Gasteiger partial charge in [-0.15, -0.1) is 0 Å². The highest BCUT2D eigenvalue weighted by Crippen LogP contribution is 2.38. The van der Waals surface area contributed by atoms with Crippen LogP contribution in [0.25, 0.3) is 11.2 Å². The molecule has 0 amide bonds. The summed E-state index contributed by atoms with van der Waals surface area (Å²) in [7, 11) is 0. The normalized spacial score (nSPS) is 17.2. The highest BCUT2D eigenvalue weighted by atomic mass is 16.2. The highest BCUT2D eigenvalue weighted by molar-refractivity contribution is 5.69. The number of benzene rings is 1. The Balaban J connectivity index is 1.89. The Bertz CT molecular complexity index is 903. The van der Waals surface area contributed by atoms with Crippen LogP contribution in [0.3, 0.4) is 0 Å². The molecule has 0 aliphatic heterocycles. The predicted octanol–water partition coefficient (Wildman–Crippen LogP) is 0.628. The Kier molecular flexibility index (Phi) is 1.87. The second-order valence-corrected chi connectivity index (χ2v) is 4.71. The van der Waals surface area contributed by atoms with Crippen LogP contribution in [0.1, 0.15) is 22.9 Å². The predicted molar refractivity (Wildman–Crippen MR) is 69.3 cm³/mol. The summed E-state index contributed by atoms with van der Waals surface area (Å²) in [6.07, 6.45) is 0.901. The van der Waals surface area contributed by atoms with Crippen molar-refractivity contribution in [1.82, 2.24) is 19.9 Å². The SMILES string of the molecule is O=c1[nH]c(=O)c2[nH]c(C3Cc4ccccc43)nc2[nH]1. The molecule has 6 heteroatoms. The molecule has 3 aromatic rings. The van der Waals surface area contributed by atoms with E-state index in [-0.39, 0.29) is 5.92 Å². The summed E-state index contributed by atoms with van der Waals surface area (Å²) in [5.41, 5.74) is 2.18. The van der Waals surface area contributed by atoms with Crippen LogP contribution in [-0.4, -0.2) is 19.9 Å². The topological polar surface area (TPSA) is 94.4 Å². The largest absolute Gasteiger partial charge is 0.336 e. The number of fused-ring (bicyclic) bond motifs is 2. The number of hydrogen-bond acceptors (Lipinski definition) is 3. The summed E-state index contributed by atoms with van der Waals surface area (Å²) in [6, 6.07) is 8.14. The molecule has 1 atom stereocenters. The zero-order chi connectivity index (χ0) is 13.0. The number of imidazole rings is 1. The number of nitrogens with zero attached hydrogens (tertiary/aromatic N) is 1. The molecule has 0 saturated carbocycles. The first-order valence-electron chi connectivity index (χ1n) is 6.02. The molecule has 1 aromatic carbocycles. The van der Waals surface area contributed by atoms with Crippen LogP contribution in [0.15, 0.2) is 33.9 Å². The molecule has 0 fully saturated rings. The van der Waals surface area contributed by atoms with E-state index in [9.17, 15) is 9.59 Å². The third kappa shape index (κ3) is 1.40. The van der Waals surface area contributed by atoms with Gasteiger partial charge in [0.2, 0.25) is 0 Å². The highest BCUT2D eigenvalue weighted by Gasteiger charge is 2.29. The summed E-state index contributed by atoms with van der Waals surface area (Å²) in [5.74, 6) is 0.896. The van der Waals surface area contributed by atoms with E-state index in [0.717, 1.165) is 12.2 Å². The number of hydrogen-bond donors (Lipinski definition) is 3. The maximum atomic E-state index is 11.6. The summed E-state index contributed by atoms with van der Waals surface area (Å²) in [5, 5.41) is 0. The fraction of sp³-hybridized carbons (Fsp3) is 0.154. The minimum Gasteiger partial charge on any atom is -0.336 e. The summed E-state index contributed by atoms with van der Waals surface area (Å²) in [4.78, 5) is 34.9. The number of H-pyrrole nitrogens is 3. The van der Waals surface area contributed by atoms with Gasteiger partial charge in [0.1, 0.15) is 11.3 Å². The molecule has 19 heavy (non-hydrogen) atoms. The van der Waals surface area contributed by atoms with Gasteiger partial charge in [-0.2, -0.15) is 0 Å². The van der Waals surface area contributed by atoms with E-state index in [1.54, 1.807) is 0 Å². The van der Waals surface area contributed by atoms with Crippen molar-refractivity contribution in [1.29, 1.82) is 0 Å². The fourth-order valence-electron chi connectivity index (χ4n) is 2.62. The quantitative estimate of drug-likeness (QED) is 0.594. The first-order chi connectivity index (χ1) is 9.22. The van der Waals surface area contributed by atoms with E-state index >= 15 is 0 Å². The fourth-order valence-corrected chi connectivity index (χ4v) is 2.62. The molecule has 3 N–H and O–H groups in total. The van der Waals surface area contributed by atoms with Gasteiger partial charge < -0.3 is 4.98 Å². The van der Waals surface area contributed by atoms with Gasteiger partial charge in [-0.05, 0) is 17.5 Å². The molecule has 1 unspecified atom stereocenters. The van der Waals surface area contributed by atoms with Gasteiger partial charge in [0.05, 0.1) is 0 Å². The molecule has 0 bridgehead atoms. The minimum atomic E-state index is -0.537. The Labute approximate surface area is 106 Å². The van der Waals surface area contributed by atoms with Crippen molar-refractivity contribution >= 4 is 11.2 Å². The Hall–Kier alpha value is -2.63. The smallest absolute Gasteiger partial charge is 0.327 e. The van der Waals surface area contributed by atoms with E-state index in [1.807, 2.05) is 12.1 Å². The lowest BCUT2D eigenvalue weighted by Gasteiger charge is -2.28. The van der Waals surface area contributed by atoms with Crippen molar-refractivity contribution in [3.05, 3.63) is 62.1 Å². The van der Waals surface area contributed by atoms with E-state index in [0.29, 0.717) is 11.2 Å². The van der Waals surface area contributed by atoms with Crippen LogP contribution >= 0.6 is 0 Å². The van der Waals surface area contributed by atoms with Gasteiger partial charge >= 0.3 is 5.69 Å². The van der Waals surface area contributed by atoms with Crippen molar-refractivity contribution in [3.8, 4) is 0 Å². The molecule has 6 nitrogen and oxygen atoms in total. The van der Waals surface area contributed by atoms with Crippen LogP contribution in [-0.2, 0) is 6.42 Å². The van der Waals surface area contributed by atoms with Crippen LogP contribution in [0.4, 0.5) is 0 Å². The van der Waals surface area contributed by atoms with Gasteiger partial charge in [-0.3, -0.25) is 14.8 Å². The number of aromatic nitrogens is 4. The van der Waals surface area contributed by atoms with Gasteiger partial charge in [0.25, 0.3) is 5.56 Å². The zero-order valence-electron chi connectivity index (χ0n) is 9.86. The van der Waals surface area contributed by atoms with Gasteiger partial charge in [-0.1, -0.05) is 24.3 Å². The average Bonchev–Trinajstić information content (AvgIpc) is 2.74. The molecule has 0 saturated heterocycles. The van der Waals surface area contributed by atoms with E-state index in [2.05, 4.69) is 32.1 Å². The van der Waals surface area contributed by atoms with Crippen molar-refractivity contribution < 1.29 is 0 Å². The van der Waals surface area contributed by atoms with Crippen LogP contribution in [0, 0.1) is 0 Å². The van der Waals surface area contributed by atoms with Crippen LogP contribution in [0.2, 0.25) is 0 Å². The summed E-state index contributed by atoms with van der Waals surface area (Å²) in [6.45, 7) is 0. The van der Waals surface area contributed by atoms with Gasteiger partial charge in [-0.25, -0.2) is 9.78 Å². The number of nitrogens with one attached hydrogen (secondary N) is 3. The molecule has 2 heterocycles. The van der Waals surface area contributed by atoms with E-state index in [4.69, 9.17) is 0 Å². The van der Waals surface area contributed by atoms with Crippen molar-refractivity contribution in [3.63, 3.8) is 0 Å². The maximum absolute atomic E-state index is 11.6. The molecule has 2 aromatic heterocycles. The second-order valence-electron chi connectivity index (χ2n) is 4.71. The van der Waals surface area contributed by atoms with Crippen molar-refractivity contribution in [2.75, 3.05) is 0 Å². The molecular formula is C13H10N4O2. The zero-order valence-corrected chi connectivity index (χ0v) is 9.86. The van der Waals surface area contributed by atoms with Crippen LogP contribution < -0.4 is 11.2 Å². The van der Waals surface area contributed by atoms with Crippen molar-refractivity contribution in [2.45, 2.75) is 12.3 Å². The third-order valence-corrected chi connectivity index (χ3v) is 3.59. The Morgan fingerprint density at radius 1 is 1.11 bits per heavy atom. The van der Waals surface area contributed by atoms with Crippen molar-refractivity contribution in [2.24, 2.45) is 0 Å². The van der Waals surface area contributed by atoms with E-state index in [1.165, 1.54) is 11.1 Å². The monoisotopic (exact) mass is 254 g/mol. The lowest BCUT2D eigenvalue weighted by Crippen LogP contribution is -2.21. The lowest BCUT2D eigenvalue weighted by molar-refractivity contribution is 0.671. The number of rotatable bonds is 1. The maximum Gasteiger partial charge on any atom is 0.327 e. The second kappa shape index (κ2) is 3.44. The average molecular weight is 254 g/mol. The molecule has 0 spiro atoms. The minimum absolute atomic E-state index is 0.173. The van der Waals surface area contributed by atoms with E-state index < -0.39 is 11.2 Å². The first kappa shape index (κ1) is 10.3. The van der Waals surface area contributed by atoms with Gasteiger partial charge in [0, 0.05) is 5.92 Å². The molecule has 1 aliphatic carbocycles. The molecule has 1 aliphatic rings. The van der Waals surface area contributed by atoms with Gasteiger partial charge in [0.15, 0.2) is 5.65 Å². The first-order valence-corrected chi connectivity index (χ1v) is 6.02. The Morgan fingerprint density at radius 3 is 2.79 bits per heavy atom. The molecule has 0 radical (unpaired) electrons. The molecule has 94 valence electrons.